The molecule has 1 aliphatic rings. The van der Waals surface area contributed by atoms with E-state index in [0.717, 1.165) is 38.6 Å². The van der Waals surface area contributed by atoms with Crippen molar-refractivity contribution in [3.05, 3.63) is 95.5 Å². The van der Waals surface area contributed by atoms with Gasteiger partial charge in [0, 0.05) is 28.4 Å². The lowest BCUT2D eigenvalue weighted by Crippen LogP contribution is -2.14. The number of fused-ring (bicyclic) bond motifs is 3. The van der Waals surface area contributed by atoms with Crippen molar-refractivity contribution in [1.82, 2.24) is 14.8 Å². The van der Waals surface area contributed by atoms with Gasteiger partial charge >= 0.3 is 5.97 Å². The minimum Gasteiger partial charge on any atom is -0.493 e. The third-order valence-corrected chi connectivity index (χ3v) is 7.68. The van der Waals surface area contributed by atoms with E-state index < -0.39 is 18.8 Å². The number of nitrogens with zero attached hydrogens (tertiary/aromatic N) is 2. The number of aromatic amines is 1. The fraction of sp³-hybridized carbons (Fsp3) is 0.294. The molecule has 7 nitrogen and oxygen atoms in total. The van der Waals surface area contributed by atoms with Crippen LogP contribution in [0.2, 0.25) is 0 Å². The van der Waals surface area contributed by atoms with E-state index in [1.807, 2.05) is 65.3 Å². The van der Waals surface area contributed by atoms with Crippen LogP contribution in [0, 0.1) is 0 Å². The van der Waals surface area contributed by atoms with E-state index in [0.29, 0.717) is 49.6 Å². The van der Waals surface area contributed by atoms with Gasteiger partial charge in [-0.1, -0.05) is 66.7 Å². The van der Waals surface area contributed by atoms with Crippen molar-refractivity contribution in [2.45, 2.75) is 45.8 Å². The normalized spacial score (nSPS) is 14.0. The number of esters is 1. The molecule has 0 saturated heterocycles. The molecule has 3 heterocycles. The second kappa shape index (κ2) is 12.8. The lowest BCUT2D eigenvalue weighted by molar-refractivity contribution is 0.0513. The van der Waals surface area contributed by atoms with Crippen molar-refractivity contribution >= 4 is 27.6 Å². The summed E-state index contributed by atoms with van der Waals surface area (Å²) >= 11 is 0. The Balaban J connectivity index is 1.43. The standard InChI is InChI=1S/C34H33F2N3O4/c1-2-42-34(40)33-25(15-9-19-43-29-16-7-11-22-10-3-4-12-23(22)29)24-13-8-14-26-31-27(20-30(35)36)37-38-28(31)21-41-18-6-5-17-39(33)32(24)26/h3-8,10-14,16,30H,2,9,15,17-21H2,1H3,(H,37,38)/b6-5-. The lowest BCUT2D eigenvalue weighted by atomic mass is 9.97. The van der Waals surface area contributed by atoms with Crippen LogP contribution in [0.15, 0.2) is 72.8 Å². The Bertz CT molecular complexity index is 1780. The van der Waals surface area contributed by atoms with E-state index in [-0.39, 0.29) is 18.9 Å². The van der Waals surface area contributed by atoms with Crippen LogP contribution in [0.25, 0.3) is 32.8 Å². The number of para-hydroxylation sites is 1. The number of rotatable bonds is 9. The summed E-state index contributed by atoms with van der Waals surface area (Å²) in [6, 6.07) is 19.8. The SMILES string of the molecule is CCOC(=O)c1c(CCCOc2cccc3ccccc23)c2cccc3c2n1C/C=C\COCc1[nH]nc(CC(F)F)c1-3. The van der Waals surface area contributed by atoms with Gasteiger partial charge in [0.1, 0.15) is 11.4 Å². The first-order chi connectivity index (χ1) is 21.1. The van der Waals surface area contributed by atoms with Gasteiger partial charge in [0.25, 0.3) is 0 Å². The zero-order chi connectivity index (χ0) is 29.8. The first kappa shape index (κ1) is 28.6. The number of carbonyl (C=O) groups is 1. The summed E-state index contributed by atoms with van der Waals surface area (Å²) in [7, 11) is 0. The summed E-state index contributed by atoms with van der Waals surface area (Å²) in [5, 5.41) is 10.2. The fourth-order valence-corrected chi connectivity index (χ4v) is 5.92. The summed E-state index contributed by atoms with van der Waals surface area (Å²) in [5.74, 6) is 0.392. The van der Waals surface area contributed by atoms with Crippen molar-refractivity contribution in [3.8, 4) is 16.9 Å². The van der Waals surface area contributed by atoms with Crippen LogP contribution in [0.4, 0.5) is 8.78 Å². The molecule has 0 bridgehead atoms. The summed E-state index contributed by atoms with van der Waals surface area (Å²) in [6.07, 6.45) is 1.99. The van der Waals surface area contributed by atoms with Gasteiger partial charge in [-0.3, -0.25) is 5.10 Å². The molecule has 2 aromatic heterocycles. The van der Waals surface area contributed by atoms with Gasteiger partial charge < -0.3 is 18.8 Å². The maximum atomic E-state index is 13.6. The number of aromatic nitrogens is 3. The molecule has 0 unspecified atom stereocenters. The molecular formula is C34H33F2N3O4. The molecule has 0 radical (unpaired) electrons. The van der Waals surface area contributed by atoms with E-state index in [4.69, 9.17) is 14.2 Å². The summed E-state index contributed by atoms with van der Waals surface area (Å²) < 4.78 is 46.7. The number of alkyl halides is 2. The molecule has 0 aliphatic carbocycles. The van der Waals surface area contributed by atoms with Gasteiger partial charge in [-0.05, 0) is 36.8 Å². The lowest BCUT2D eigenvalue weighted by Gasteiger charge is -2.12. The monoisotopic (exact) mass is 585 g/mol. The number of hydrogen-bond acceptors (Lipinski definition) is 5. The first-order valence-electron chi connectivity index (χ1n) is 14.6. The van der Waals surface area contributed by atoms with Gasteiger partial charge in [0.05, 0.1) is 49.8 Å². The zero-order valence-corrected chi connectivity index (χ0v) is 23.9. The number of nitrogens with one attached hydrogen (secondary N) is 1. The number of hydrogen-bond donors (Lipinski definition) is 1. The van der Waals surface area contributed by atoms with Crippen LogP contribution in [0.1, 0.15) is 40.8 Å². The topological polar surface area (TPSA) is 78.4 Å². The molecule has 0 amide bonds. The minimum absolute atomic E-state index is 0.191. The smallest absolute Gasteiger partial charge is 0.355 e. The highest BCUT2D eigenvalue weighted by atomic mass is 19.3. The summed E-state index contributed by atoms with van der Waals surface area (Å²) in [4.78, 5) is 13.5. The molecule has 0 atom stereocenters. The average Bonchev–Trinajstić information content (AvgIpc) is 3.53. The number of ether oxygens (including phenoxy) is 3. The number of H-pyrrole nitrogens is 1. The molecule has 3 aromatic carbocycles. The van der Waals surface area contributed by atoms with Crippen molar-refractivity contribution < 1.29 is 27.8 Å². The number of aryl methyl sites for hydroxylation is 1. The molecule has 5 aromatic rings. The van der Waals surface area contributed by atoms with Crippen molar-refractivity contribution in [2.75, 3.05) is 19.8 Å². The molecule has 222 valence electrons. The van der Waals surface area contributed by atoms with Gasteiger partial charge in [-0.2, -0.15) is 5.10 Å². The van der Waals surface area contributed by atoms with Gasteiger partial charge in [0.15, 0.2) is 0 Å². The Hall–Kier alpha value is -4.50. The summed E-state index contributed by atoms with van der Waals surface area (Å²) in [5.41, 5.74) is 4.28. The quantitative estimate of drug-likeness (QED) is 0.112. The summed E-state index contributed by atoms with van der Waals surface area (Å²) in [6.45, 7) is 3.36. The van der Waals surface area contributed by atoms with Crippen LogP contribution in [-0.4, -0.2) is 47.0 Å². The molecule has 43 heavy (non-hydrogen) atoms. The third kappa shape index (κ3) is 5.77. The van der Waals surface area contributed by atoms with E-state index in [1.54, 1.807) is 6.92 Å². The molecule has 0 spiro atoms. The van der Waals surface area contributed by atoms with Crippen LogP contribution in [-0.2, 0) is 35.5 Å². The Morgan fingerprint density at radius 2 is 1.88 bits per heavy atom. The zero-order valence-electron chi connectivity index (χ0n) is 23.9. The maximum Gasteiger partial charge on any atom is 0.355 e. The van der Waals surface area contributed by atoms with Gasteiger partial charge in [-0.25, -0.2) is 13.6 Å². The Morgan fingerprint density at radius 3 is 2.74 bits per heavy atom. The van der Waals surface area contributed by atoms with Crippen LogP contribution < -0.4 is 4.74 Å². The first-order valence-corrected chi connectivity index (χ1v) is 14.6. The molecule has 6 rings (SSSR count). The largest absolute Gasteiger partial charge is 0.493 e. The van der Waals surface area contributed by atoms with Crippen LogP contribution >= 0.6 is 0 Å². The predicted molar refractivity (Wildman–Crippen MR) is 162 cm³/mol. The number of allylic oxidation sites excluding steroid dienone is 1. The average molecular weight is 586 g/mol. The van der Waals surface area contributed by atoms with E-state index in [1.165, 1.54) is 0 Å². The molecule has 9 heteroatoms. The van der Waals surface area contributed by atoms with Crippen molar-refractivity contribution in [1.29, 1.82) is 0 Å². The van der Waals surface area contributed by atoms with E-state index in [9.17, 15) is 13.6 Å². The van der Waals surface area contributed by atoms with E-state index in [2.05, 4.69) is 22.3 Å². The highest BCUT2D eigenvalue weighted by Gasteiger charge is 2.28. The fourth-order valence-electron chi connectivity index (χ4n) is 5.92. The van der Waals surface area contributed by atoms with Gasteiger partial charge in [0.2, 0.25) is 6.43 Å². The number of carbonyl (C=O) groups excluding carboxylic acids is 1. The predicted octanol–water partition coefficient (Wildman–Crippen LogP) is 7.27. The van der Waals surface area contributed by atoms with Crippen LogP contribution in [0.3, 0.4) is 0 Å². The maximum absolute atomic E-state index is 13.6. The number of halogens is 2. The van der Waals surface area contributed by atoms with E-state index >= 15 is 0 Å². The molecular weight excluding hydrogens is 552 g/mol. The number of benzene rings is 3. The minimum atomic E-state index is -2.56. The highest BCUT2D eigenvalue weighted by Crippen LogP contribution is 2.39. The molecule has 0 saturated carbocycles. The third-order valence-electron chi connectivity index (χ3n) is 7.68. The Kier molecular flexibility index (Phi) is 8.51. The highest BCUT2D eigenvalue weighted by molar-refractivity contribution is 6.05. The van der Waals surface area contributed by atoms with Crippen molar-refractivity contribution in [3.63, 3.8) is 0 Å². The Morgan fingerprint density at radius 1 is 1.07 bits per heavy atom. The van der Waals surface area contributed by atoms with Gasteiger partial charge in [-0.15, -0.1) is 0 Å². The molecule has 1 aliphatic heterocycles. The Labute approximate surface area is 248 Å². The second-order valence-corrected chi connectivity index (χ2v) is 10.4. The van der Waals surface area contributed by atoms with Crippen LogP contribution in [0.5, 0.6) is 5.75 Å². The molecule has 1 N–H and O–H groups in total. The molecule has 0 fully saturated rings. The van der Waals surface area contributed by atoms with Crippen molar-refractivity contribution in [2.24, 2.45) is 0 Å². The second-order valence-electron chi connectivity index (χ2n) is 10.4.